The van der Waals surface area contributed by atoms with Crippen LogP contribution in [-0.2, 0) is 9.53 Å². The van der Waals surface area contributed by atoms with Gasteiger partial charge in [-0.3, -0.25) is 4.79 Å². The van der Waals surface area contributed by atoms with E-state index in [9.17, 15) is 9.59 Å². The normalized spacial score (nSPS) is 11.7. The average Bonchev–Trinajstić information content (AvgIpc) is 2.92. The van der Waals surface area contributed by atoms with Crippen molar-refractivity contribution in [2.45, 2.75) is 26.9 Å². The first-order valence-electron chi connectivity index (χ1n) is 7.00. The highest BCUT2D eigenvalue weighted by Crippen LogP contribution is 2.20. The van der Waals surface area contributed by atoms with E-state index in [2.05, 4.69) is 10.5 Å². The highest BCUT2D eigenvalue weighted by atomic mass is 16.5. The molecule has 0 aliphatic rings. The van der Waals surface area contributed by atoms with E-state index in [-0.39, 0.29) is 5.82 Å². The van der Waals surface area contributed by atoms with E-state index in [1.807, 2.05) is 6.92 Å². The first-order valence-corrected chi connectivity index (χ1v) is 7.00. The molecule has 1 aromatic heterocycles. The number of amides is 1. The van der Waals surface area contributed by atoms with Crippen LogP contribution < -0.4 is 10.1 Å². The Morgan fingerprint density at radius 3 is 2.61 bits per heavy atom. The number of anilines is 1. The molecule has 2 rings (SSSR count). The van der Waals surface area contributed by atoms with Crippen LogP contribution in [0.1, 0.15) is 28.6 Å². The summed E-state index contributed by atoms with van der Waals surface area (Å²) in [4.78, 5) is 24.1. The number of ether oxygens (including phenoxy) is 2. The van der Waals surface area contributed by atoms with E-state index < -0.39 is 18.0 Å². The molecule has 0 saturated carbocycles. The molecule has 1 N–H and O–H groups in total. The summed E-state index contributed by atoms with van der Waals surface area (Å²) in [5.74, 6) is 0.312. The van der Waals surface area contributed by atoms with E-state index in [1.165, 1.54) is 14.0 Å². The van der Waals surface area contributed by atoms with Crippen LogP contribution in [0.3, 0.4) is 0 Å². The lowest BCUT2D eigenvalue weighted by atomic mass is 10.1. The Kier molecular flexibility index (Phi) is 5.00. The van der Waals surface area contributed by atoms with Crippen LogP contribution in [0.2, 0.25) is 0 Å². The Bertz CT molecular complexity index is 723. The van der Waals surface area contributed by atoms with Crippen molar-refractivity contribution in [3.8, 4) is 5.75 Å². The Morgan fingerprint density at radius 2 is 2.00 bits per heavy atom. The molecule has 7 nitrogen and oxygen atoms in total. The van der Waals surface area contributed by atoms with E-state index in [0.29, 0.717) is 17.1 Å². The third-order valence-electron chi connectivity index (χ3n) is 3.18. The molecule has 1 heterocycles. The maximum Gasteiger partial charge on any atom is 0.339 e. The lowest BCUT2D eigenvalue weighted by molar-refractivity contribution is -0.123. The number of nitrogens with zero attached hydrogens (tertiary/aromatic N) is 1. The number of esters is 1. The summed E-state index contributed by atoms with van der Waals surface area (Å²) in [7, 11) is 1.52. The van der Waals surface area contributed by atoms with E-state index in [1.54, 1.807) is 31.2 Å². The van der Waals surface area contributed by atoms with Gasteiger partial charge in [0.15, 0.2) is 11.9 Å². The number of aryl methyl sites for hydroxylation is 2. The second kappa shape index (κ2) is 6.95. The van der Waals surface area contributed by atoms with Crippen LogP contribution in [0.25, 0.3) is 0 Å². The van der Waals surface area contributed by atoms with Crippen molar-refractivity contribution in [1.82, 2.24) is 5.16 Å². The molecule has 7 heteroatoms. The van der Waals surface area contributed by atoms with Crippen molar-refractivity contribution in [1.29, 1.82) is 0 Å². The number of carbonyl (C=O) groups excluding carboxylic acids is 2. The standard InChI is InChI=1S/C16H18N2O5/c1-9-5-6-12(8-13(9)21-4)16(20)22-11(3)15(19)17-14-7-10(2)23-18-14/h5-8,11H,1-4H3,(H,17,18,19). The number of rotatable bonds is 5. The van der Waals surface area contributed by atoms with Crippen molar-refractivity contribution in [2.75, 3.05) is 12.4 Å². The molecule has 0 spiro atoms. The first kappa shape index (κ1) is 16.5. The third kappa shape index (κ3) is 4.09. The number of methoxy groups -OCH3 is 1. The van der Waals surface area contributed by atoms with Gasteiger partial charge in [-0.2, -0.15) is 0 Å². The molecule has 1 atom stereocenters. The minimum absolute atomic E-state index is 0.271. The fourth-order valence-electron chi connectivity index (χ4n) is 1.88. The van der Waals surface area contributed by atoms with Gasteiger partial charge in [-0.1, -0.05) is 11.2 Å². The van der Waals surface area contributed by atoms with Gasteiger partial charge in [-0.25, -0.2) is 4.79 Å². The molecule has 0 bridgehead atoms. The van der Waals surface area contributed by atoms with Crippen LogP contribution in [0.4, 0.5) is 5.82 Å². The number of hydrogen-bond acceptors (Lipinski definition) is 6. The van der Waals surface area contributed by atoms with Gasteiger partial charge in [0.1, 0.15) is 11.5 Å². The van der Waals surface area contributed by atoms with Crippen molar-refractivity contribution in [2.24, 2.45) is 0 Å². The second-order valence-corrected chi connectivity index (χ2v) is 5.04. The van der Waals surface area contributed by atoms with Crippen molar-refractivity contribution < 1.29 is 23.6 Å². The van der Waals surface area contributed by atoms with Gasteiger partial charge in [0.2, 0.25) is 0 Å². The van der Waals surface area contributed by atoms with Crippen LogP contribution in [0.5, 0.6) is 5.75 Å². The van der Waals surface area contributed by atoms with Crippen molar-refractivity contribution in [3.05, 3.63) is 41.2 Å². The zero-order chi connectivity index (χ0) is 17.0. The lowest BCUT2D eigenvalue weighted by Crippen LogP contribution is -2.30. The molecule has 2 aromatic rings. The summed E-state index contributed by atoms with van der Waals surface area (Å²) >= 11 is 0. The van der Waals surface area contributed by atoms with Gasteiger partial charge in [0.25, 0.3) is 5.91 Å². The second-order valence-electron chi connectivity index (χ2n) is 5.04. The molecule has 1 unspecified atom stereocenters. The van der Waals surface area contributed by atoms with Crippen molar-refractivity contribution >= 4 is 17.7 Å². The Labute approximate surface area is 133 Å². The highest BCUT2D eigenvalue weighted by Gasteiger charge is 2.20. The molecular formula is C16H18N2O5. The third-order valence-corrected chi connectivity index (χ3v) is 3.18. The molecule has 0 aliphatic carbocycles. The van der Waals surface area contributed by atoms with Gasteiger partial charge in [-0.15, -0.1) is 0 Å². The molecule has 23 heavy (non-hydrogen) atoms. The van der Waals surface area contributed by atoms with Crippen molar-refractivity contribution in [3.63, 3.8) is 0 Å². The van der Waals surface area contributed by atoms with Gasteiger partial charge in [0, 0.05) is 6.07 Å². The summed E-state index contributed by atoms with van der Waals surface area (Å²) in [6, 6.07) is 6.50. The Morgan fingerprint density at radius 1 is 1.26 bits per heavy atom. The monoisotopic (exact) mass is 318 g/mol. The van der Waals surface area contributed by atoms with Gasteiger partial charge >= 0.3 is 5.97 Å². The average molecular weight is 318 g/mol. The summed E-state index contributed by atoms with van der Waals surface area (Å²) in [6.45, 7) is 5.05. The number of benzene rings is 1. The summed E-state index contributed by atoms with van der Waals surface area (Å²) < 4.78 is 15.2. The Balaban J connectivity index is 2.00. The number of aromatic nitrogens is 1. The zero-order valence-electron chi connectivity index (χ0n) is 13.4. The highest BCUT2D eigenvalue weighted by molar-refractivity contribution is 5.97. The number of hydrogen-bond donors (Lipinski definition) is 1. The fourth-order valence-corrected chi connectivity index (χ4v) is 1.88. The molecule has 1 amide bonds. The maximum absolute atomic E-state index is 12.1. The zero-order valence-corrected chi connectivity index (χ0v) is 13.4. The smallest absolute Gasteiger partial charge is 0.339 e. The maximum atomic E-state index is 12.1. The lowest BCUT2D eigenvalue weighted by Gasteiger charge is -2.13. The summed E-state index contributed by atoms with van der Waals surface area (Å²) in [6.07, 6.45) is -0.980. The minimum Gasteiger partial charge on any atom is -0.496 e. The van der Waals surface area contributed by atoms with E-state index in [0.717, 1.165) is 5.56 Å². The SMILES string of the molecule is COc1cc(C(=O)OC(C)C(=O)Nc2cc(C)on2)ccc1C. The Hall–Kier alpha value is -2.83. The number of nitrogens with one attached hydrogen (secondary N) is 1. The number of carbonyl (C=O) groups is 2. The summed E-state index contributed by atoms with van der Waals surface area (Å²) in [5.41, 5.74) is 1.21. The molecule has 0 saturated heterocycles. The van der Waals surface area contributed by atoms with Gasteiger partial charge < -0.3 is 19.3 Å². The fraction of sp³-hybridized carbons (Fsp3) is 0.312. The largest absolute Gasteiger partial charge is 0.496 e. The molecule has 0 fully saturated rings. The van der Waals surface area contributed by atoms with Crippen LogP contribution in [0, 0.1) is 13.8 Å². The quantitative estimate of drug-likeness (QED) is 0.852. The molecular weight excluding hydrogens is 300 g/mol. The van der Waals surface area contributed by atoms with Crippen LogP contribution >= 0.6 is 0 Å². The van der Waals surface area contributed by atoms with Crippen LogP contribution in [-0.4, -0.2) is 30.2 Å². The first-order chi connectivity index (χ1) is 10.9. The molecule has 122 valence electrons. The molecule has 1 aromatic carbocycles. The summed E-state index contributed by atoms with van der Waals surface area (Å²) in [5, 5.41) is 6.15. The van der Waals surface area contributed by atoms with Crippen LogP contribution in [0.15, 0.2) is 28.8 Å². The van der Waals surface area contributed by atoms with Gasteiger partial charge in [0.05, 0.1) is 12.7 Å². The molecule has 0 radical (unpaired) electrons. The van der Waals surface area contributed by atoms with E-state index >= 15 is 0 Å². The topological polar surface area (TPSA) is 90.7 Å². The van der Waals surface area contributed by atoms with Gasteiger partial charge in [-0.05, 0) is 38.5 Å². The predicted octanol–water partition coefficient (Wildman–Crippen LogP) is 2.48. The molecule has 0 aliphatic heterocycles. The predicted molar refractivity (Wildman–Crippen MR) is 82.5 cm³/mol. The van der Waals surface area contributed by atoms with E-state index in [4.69, 9.17) is 14.0 Å². The minimum atomic E-state index is -0.980.